The molecular weight excluding hydrogens is 307 g/mol. The smallest absolute Gasteiger partial charge is 0.254 e. The van der Waals surface area contributed by atoms with Gasteiger partial charge in [-0.15, -0.1) is 10.2 Å². The summed E-state index contributed by atoms with van der Waals surface area (Å²) >= 11 is 5.68. The number of nitrogens with zero attached hydrogens (tertiary/aromatic N) is 3. The average molecular weight is 319 g/mol. The van der Waals surface area contributed by atoms with Gasteiger partial charge >= 0.3 is 0 Å². The summed E-state index contributed by atoms with van der Waals surface area (Å²) in [7, 11) is 0. The second kappa shape index (κ2) is 5.73. The fourth-order valence-corrected chi connectivity index (χ4v) is 2.33. The monoisotopic (exact) mass is 318 g/mol. The summed E-state index contributed by atoms with van der Waals surface area (Å²) < 4.78 is 15.5. The Hall–Kier alpha value is -2.47. The number of hydrogen-bond donors (Lipinski definition) is 1. The molecule has 1 aromatic carbocycles. The minimum atomic E-state index is -0.664. The van der Waals surface area contributed by atoms with E-state index in [4.69, 9.17) is 11.6 Å². The van der Waals surface area contributed by atoms with Crippen LogP contribution >= 0.6 is 11.6 Å². The number of amides is 1. The molecule has 3 rings (SSSR count). The molecule has 0 unspecified atom stereocenters. The summed E-state index contributed by atoms with van der Waals surface area (Å²) in [6, 6.07) is 8.99. The molecule has 112 valence electrons. The molecule has 1 atom stereocenters. The van der Waals surface area contributed by atoms with Crippen molar-refractivity contribution >= 4 is 23.2 Å². The first-order valence-corrected chi connectivity index (χ1v) is 6.99. The highest BCUT2D eigenvalue weighted by atomic mass is 35.5. The molecular formula is C15H12ClFN4O. The van der Waals surface area contributed by atoms with Crippen LogP contribution in [0.1, 0.15) is 29.1 Å². The summed E-state index contributed by atoms with van der Waals surface area (Å²) in [5, 5.41) is 11.0. The molecule has 7 heteroatoms. The standard InChI is InChI=1S/C15H12ClFN4O/c1-9(14-20-19-13-4-2-3-7-21(13)14)18-15(22)11-6-5-10(16)8-12(11)17/h2-9H,1H3,(H,18,22)/t9-/m0/s1. The Bertz CT molecular complexity index is 848. The fourth-order valence-electron chi connectivity index (χ4n) is 2.17. The minimum absolute atomic E-state index is 0.0647. The minimum Gasteiger partial charge on any atom is -0.342 e. The molecule has 2 heterocycles. The van der Waals surface area contributed by atoms with Gasteiger partial charge in [-0.1, -0.05) is 17.7 Å². The van der Waals surface area contributed by atoms with Crippen molar-refractivity contribution in [3.63, 3.8) is 0 Å². The van der Waals surface area contributed by atoms with Crippen molar-refractivity contribution in [3.05, 3.63) is 64.8 Å². The van der Waals surface area contributed by atoms with Crippen LogP contribution in [0.4, 0.5) is 4.39 Å². The van der Waals surface area contributed by atoms with Gasteiger partial charge in [0.15, 0.2) is 11.5 Å². The highest BCUT2D eigenvalue weighted by Crippen LogP contribution is 2.17. The first-order valence-electron chi connectivity index (χ1n) is 6.62. The Morgan fingerprint density at radius 3 is 2.91 bits per heavy atom. The molecule has 0 fully saturated rings. The number of halogens is 2. The van der Waals surface area contributed by atoms with Gasteiger partial charge in [0.2, 0.25) is 0 Å². The van der Waals surface area contributed by atoms with E-state index in [0.29, 0.717) is 11.5 Å². The number of carbonyl (C=O) groups is 1. The summed E-state index contributed by atoms with van der Waals surface area (Å²) in [6.07, 6.45) is 1.80. The maximum absolute atomic E-state index is 13.8. The van der Waals surface area contributed by atoms with Gasteiger partial charge in [0.25, 0.3) is 5.91 Å². The number of nitrogens with one attached hydrogen (secondary N) is 1. The maximum atomic E-state index is 13.8. The number of aromatic nitrogens is 3. The van der Waals surface area contributed by atoms with E-state index >= 15 is 0 Å². The van der Waals surface area contributed by atoms with Crippen LogP contribution in [-0.4, -0.2) is 20.5 Å². The predicted molar refractivity (Wildman–Crippen MR) is 80.3 cm³/mol. The Balaban J connectivity index is 1.84. The molecule has 0 saturated heterocycles. The number of hydrogen-bond acceptors (Lipinski definition) is 3. The summed E-state index contributed by atoms with van der Waals surface area (Å²) in [4.78, 5) is 12.2. The SMILES string of the molecule is C[C@H](NC(=O)c1ccc(Cl)cc1F)c1nnc2ccccn12. The molecule has 0 aliphatic heterocycles. The van der Waals surface area contributed by atoms with Crippen LogP contribution in [0, 0.1) is 5.82 Å². The number of pyridine rings is 1. The molecule has 0 aliphatic carbocycles. The fraction of sp³-hybridized carbons (Fsp3) is 0.133. The van der Waals surface area contributed by atoms with E-state index in [-0.39, 0.29) is 10.6 Å². The van der Waals surface area contributed by atoms with Crippen molar-refractivity contribution < 1.29 is 9.18 Å². The molecule has 0 spiro atoms. The third-order valence-corrected chi connectivity index (χ3v) is 3.49. The van der Waals surface area contributed by atoms with Crippen molar-refractivity contribution in [2.75, 3.05) is 0 Å². The lowest BCUT2D eigenvalue weighted by Gasteiger charge is -2.12. The highest BCUT2D eigenvalue weighted by Gasteiger charge is 2.18. The van der Waals surface area contributed by atoms with Gasteiger partial charge in [0.05, 0.1) is 11.6 Å². The molecule has 1 N–H and O–H groups in total. The van der Waals surface area contributed by atoms with Crippen molar-refractivity contribution in [1.82, 2.24) is 19.9 Å². The molecule has 0 bridgehead atoms. The van der Waals surface area contributed by atoms with Gasteiger partial charge in [0, 0.05) is 11.2 Å². The lowest BCUT2D eigenvalue weighted by molar-refractivity contribution is 0.0934. The van der Waals surface area contributed by atoms with Gasteiger partial charge in [-0.2, -0.15) is 0 Å². The Morgan fingerprint density at radius 1 is 1.32 bits per heavy atom. The van der Waals surface area contributed by atoms with Gasteiger partial charge in [0.1, 0.15) is 5.82 Å². The molecule has 0 saturated carbocycles. The lowest BCUT2D eigenvalue weighted by Crippen LogP contribution is -2.28. The normalized spacial score (nSPS) is 12.3. The molecule has 5 nitrogen and oxygen atoms in total. The van der Waals surface area contributed by atoms with E-state index < -0.39 is 17.8 Å². The zero-order valence-corrected chi connectivity index (χ0v) is 12.4. The highest BCUT2D eigenvalue weighted by molar-refractivity contribution is 6.30. The molecule has 0 aliphatic rings. The van der Waals surface area contributed by atoms with Crippen molar-refractivity contribution in [2.24, 2.45) is 0 Å². The quantitative estimate of drug-likeness (QED) is 0.807. The molecule has 22 heavy (non-hydrogen) atoms. The molecule has 2 aromatic heterocycles. The van der Waals surface area contributed by atoms with E-state index in [1.807, 2.05) is 18.2 Å². The Morgan fingerprint density at radius 2 is 2.14 bits per heavy atom. The molecule has 1 amide bonds. The van der Waals surface area contributed by atoms with Crippen LogP contribution in [-0.2, 0) is 0 Å². The van der Waals surface area contributed by atoms with E-state index in [0.717, 1.165) is 6.07 Å². The number of benzene rings is 1. The van der Waals surface area contributed by atoms with E-state index in [1.54, 1.807) is 17.5 Å². The number of carbonyl (C=O) groups excluding carboxylic acids is 1. The van der Waals surface area contributed by atoms with Crippen LogP contribution in [0.5, 0.6) is 0 Å². The van der Waals surface area contributed by atoms with Gasteiger partial charge in [-0.05, 0) is 37.3 Å². The van der Waals surface area contributed by atoms with Crippen molar-refractivity contribution in [2.45, 2.75) is 13.0 Å². The molecule has 0 radical (unpaired) electrons. The second-order valence-corrected chi connectivity index (χ2v) is 5.24. The number of rotatable bonds is 3. The van der Waals surface area contributed by atoms with Crippen LogP contribution in [0.15, 0.2) is 42.6 Å². The number of fused-ring (bicyclic) bond motifs is 1. The topological polar surface area (TPSA) is 59.3 Å². The zero-order chi connectivity index (χ0) is 15.7. The first-order chi connectivity index (χ1) is 10.6. The van der Waals surface area contributed by atoms with E-state index in [2.05, 4.69) is 15.5 Å². The summed E-state index contributed by atoms with van der Waals surface area (Å²) in [5.74, 6) is -0.629. The predicted octanol–water partition coefficient (Wildman–Crippen LogP) is 3.01. The largest absolute Gasteiger partial charge is 0.342 e. The van der Waals surface area contributed by atoms with Crippen molar-refractivity contribution in [3.8, 4) is 0 Å². The second-order valence-electron chi connectivity index (χ2n) is 4.81. The summed E-state index contributed by atoms with van der Waals surface area (Å²) in [6.45, 7) is 1.76. The van der Waals surface area contributed by atoms with Crippen LogP contribution in [0.25, 0.3) is 5.65 Å². The lowest BCUT2D eigenvalue weighted by atomic mass is 10.2. The van der Waals surface area contributed by atoms with Crippen molar-refractivity contribution in [1.29, 1.82) is 0 Å². The van der Waals surface area contributed by atoms with Crippen LogP contribution < -0.4 is 5.32 Å². The Kier molecular flexibility index (Phi) is 3.77. The van der Waals surface area contributed by atoms with Crippen LogP contribution in [0.3, 0.4) is 0 Å². The van der Waals surface area contributed by atoms with Gasteiger partial charge < -0.3 is 5.32 Å². The summed E-state index contributed by atoms with van der Waals surface area (Å²) in [5.41, 5.74) is 0.612. The maximum Gasteiger partial charge on any atom is 0.254 e. The van der Waals surface area contributed by atoms with Gasteiger partial charge in [-0.25, -0.2) is 4.39 Å². The third kappa shape index (κ3) is 2.65. The van der Waals surface area contributed by atoms with E-state index in [1.165, 1.54) is 12.1 Å². The first kappa shape index (κ1) is 14.5. The average Bonchev–Trinajstić information content (AvgIpc) is 2.91. The van der Waals surface area contributed by atoms with E-state index in [9.17, 15) is 9.18 Å². The molecule has 3 aromatic rings. The van der Waals surface area contributed by atoms with Gasteiger partial charge in [-0.3, -0.25) is 9.20 Å². The van der Waals surface area contributed by atoms with Crippen LogP contribution in [0.2, 0.25) is 5.02 Å². The zero-order valence-electron chi connectivity index (χ0n) is 11.6. The third-order valence-electron chi connectivity index (χ3n) is 3.25. The Labute approximate surface area is 130 Å².